The first kappa shape index (κ1) is 13.7. The summed E-state index contributed by atoms with van der Waals surface area (Å²) in [5.74, 6) is -1.30. The van der Waals surface area contributed by atoms with E-state index in [1.807, 2.05) is 6.92 Å². The van der Waals surface area contributed by atoms with Crippen molar-refractivity contribution in [2.45, 2.75) is 25.8 Å². The lowest BCUT2D eigenvalue weighted by atomic mass is 10.4. The van der Waals surface area contributed by atoms with Gasteiger partial charge in [0, 0.05) is 5.75 Å². The molecular weight excluding hydrogens is 226 g/mol. The molecule has 0 spiro atoms. The van der Waals surface area contributed by atoms with Gasteiger partial charge in [0.15, 0.2) is 0 Å². The first-order valence-electron chi connectivity index (χ1n) is 4.26. The highest BCUT2D eigenvalue weighted by Gasteiger charge is 2.21. The van der Waals surface area contributed by atoms with Crippen LogP contribution >= 0.6 is 12.6 Å². The average Bonchev–Trinajstić information content (AvgIpc) is 2.10. The van der Waals surface area contributed by atoms with E-state index in [-0.39, 0.29) is 11.5 Å². The van der Waals surface area contributed by atoms with Gasteiger partial charge in [-0.15, -0.1) is 0 Å². The Morgan fingerprint density at radius 3 is 2.50 bits per heavy atom. The van der Waals surface area contributed by atoms with Gasteiger partial charge in [-0.25, -0.2) is 13.1 Å². The van der Waals surface area contributed by atoms with Crippen molar-refractivity contribution in [3.05, 3.63) is 0 Å². The summed E-state index contributed by atoms with van der Waals surface area (Å²) in [4.78, 5) is 10.5. The summed E-state index contributed by atoms with van der Waals surface area (Å²) < 4.78 is 24.6. The molecule has 0 aromatic carbocycles. The number of nitrogens with one attached hydrogen (secondary N) is 1. The molecule has 5 nitrogen and oxygen atoms in total. The molecule has 1 unspecified atom stereocenters. The van der Waals surface area contributed by atoms with Crippen molar-refractivity contribution < 1.29 is 18.3 Å². The van der Waals surface area contributed by atoms with Crippen LogP contribution in [0.5, 0.6) is 0 Å². The summed E-state index contributed by atoms with van der Waals surface area (Å²) in [5, 5.41) is 8.59. The van der Waals surface area contributed by atoms with Gasteiger partial charge in [0.25, 0.3) is 0 Å². The van der Waals surface area contributed by atoms with Crippen molar-refractivity contribution in [3.63, 3.8) is 0 Å². The maximum Gasteiger partial charge on any atom is 0.322 e. The predicted octanol–water partition coefficient (Wildman–Crippen LogP) is 0.0889. The topological polar surface area (TPSA) is 83.5 Å². The molecule has 0 saturated heterocycles. The largest absolute Gasteiger partial charge is 0.480 e. The van der Waals surface area contributed by atoms with E-state index in [0.29, 0.717) is 6.42 Å². The summed E-state index contributed by atoms with van der Waals surface area (Å²) in [6.45, 7) is 1.86. The molecule has 7 heteroatoms. The molecular formula is C7H15NO4S2. The number of aliphatic carboxylic acids is 1. The zero-order valence-electron chi connectivity index (χ0n) is 7.93. The van der Waals surface area contributed by atoms with Crippen LogP contribution in [0.3, 0.4) is 0 Å². The summed E-state index contributed by atoms with van der Waals surface area (Å²) in [5.41, 5.74) is 0. The molecule has 2 N–H and O–H groups in total. The first-order chi connectivity index (χ1) is 6.43. The van der Waals surface area contributed by atoms with Gasteiger partial charge in [-0.3, -0.25) is 4.79 Å². The zero-order chi connectivity index (χ0) is 11.2. The highest BCUT2D eigenvalue weighted by Crippen LogP contribution is 1.97. The minimum absolute atomic E-state index is 0.0406. The van der Waals surface area contributed by atoms with E-state index in [1.54, 1.807) is 0 Å². The number of carbonyl (C=O) groups is 1. The standard InChI is InChI=1S/C7H15NO4S2/c1-2-3-4-14(11,12)8-6(5-13)7(9)10/h6,8,13H,2-5H2,1H3,(H,9,10). The highest BCUT2D eigenvalue weighted by atomic mass is 32.2. The second kappa shape index (κ2) is 6.26. The maximum absolute atomic E-state index is 11.3. The third-order valence-corrected chi connectivity index (χ3v) is 3.40. The summed E-state index contributed by atoms with van der Waals surface area (Å²) in [6, 6.07) is -1.14. The lowest BCUT2D eigenvalue weighted by molar-refractivity contribution is -0.138. The van der Waals surface area contributed by atoms with Crippen LogP contribution in [0.4, 0.5) is 0 Å². The van der Waals surface area contributed by atoms with Crippen LogP contribution in [0.1, 0.15) is 19.8 Å². The lowest BCUT2D eigenvalue weighted by Gasteiger charge is -2.11. The minimum atomic E-state index is -3.48. The summed E-state index contributed by atoms with van der Waals surface area (Å²) >= 11 is 3.75. The lowest BCUT2D eigenvalue weighted by Crippen LogP contribution is -2.43. The van der Waals surface area contributed by atoms with E-state index < -0.39 is 22.0 Å². The molecule has 0 bridgehead atoms. The van der Waals surface area contributed by atoms with Crippen molar-refractivity contribution in [2.24, 2.45) is 0 Å². The van der Waals surface area contributed by atoms with E-state index in [2.05, 4.69) is 17.4 Å². The molecule has 0 heterocycles. The van der Waals surface area contributed by atoms with Crippen LogP contribution in [0, 0.1) is 0 Å². The van der Waals surface area contributed by atoms with E-state index >= 15 is 0 Å². The Labute approximate surface area is 89.4 Å². The molecule has 14 heavy (non-hydrogen) atoms. The molecule has 0 aliphatic heterocycles. The number of sulfonamides is 1. The fourth-order valence-corrected chi connectivity index (χ4v) is 2.55. The van der Waals surface area contributed by atoms with Crippen molar-refractivity contribution in [1.82, 2.24) is 4.72 Å². The Balaban J connectivity index is 4.26. The van der Waals surface area contributed by atoms with E-state index in [9.17, 15) is 13.2 Å². The summed E-state index contributed by atoms with van der Waals surface area (Å²) in [7, 11) is -3.48. The second-order valence-corrected chi connectivity index (χ2v) is 5.10. The minimum Gasteiger partial charge on any atom is -0.480 e. The number of hydrogen-bond acceptors (Lipinski definition) is 4. The quantitative estimate of drug-likeness (QED) is 0.552. The Bertz CT molecular complexity index is 275. The average molecular weight is 241 g/mol. The molecule has 0 saturated carbocycles. The SMILES string of the molecule is CCCCS(=O)(=O)NC(CS)C(=O)O. The van der Waals surface area contributed by atoms with Gasteiger partial charge in [-0.2, -0.15) is 12.6 Å². The number of hydrogen-bond donors (Lipinski definition) is 3. The van der Waals surface area contributed by atoms with Crippen LogP contribution in [0.2, 0.25) is 0 Å². The molecule has 0 amide bonds. The second-order valence-electron chi connectivity index (χ2n) is 2.86. The van der Waals surface area contributed by atoms with Gasteiger partial charge in [0.1, 0.15) is 6.04 Å². The molecule has 0 fully saturated rings. The smallest absolute Gasteiger partial charge is 0.322 e. The van der Waals surface area contributed by atoms with Crippen LogP contribution in [0.25, 0.3) is 0 Å². The number of thiol groups is 1. The van der Waals surface area contributed by atoms with Crippen molar-refractivity contribution in [2.75, 3.05) is 11.5 Å². The molecule has 0 aromatic rings. The third kappa shape index (κ3) is 5.46. The van der Waals surface area contributed by atoms with Gasteiger partial charge in [0.05, 0.1) is 5.75 Å². The maximum atomic E-state index is 11.3. The van der Waals surface area contributed by atoms with Gasteiger partial charge in [-0.05, 0) is 6.42 Å². The van der Waals surface area contributed by atoms with Gasteiger partial charge in [0.2, 0.25) is 10.0 Å². The van der Waals surface area contributed by atoms with Crippen molar-refractivity contribution in [1.29, 1.82) is 0 Å². The number of rotatable bonds is 7. The zero-order valence-corrected chi connectivity index (χ0v) is 9.64. The fraction of sp³-hybridized carbons (Fsp3) is 0.857. The number of carboxylic acid groups (broad SMARTS) is 1. The van der Waals surface area contributed by atoms with E-state index in [4.69, 9.17) is 5.11 Å². The van der Waals surface area contributed by atoms with Crippen LogP contribution in [-0.4, -0.2) is 37.0 Å². The normalized spacial score (nSPS) is 13.9. The Hall–Kier alpha value is -0.270. The Kier molecular flexibility index (Phi) is 6.14. The molecule has 0 radical (unpaired) electrons. The fourth-order valence-electron chi connectivity index (χ4n) is 0.776. The molecule has 84 valence electrons. The van der Waals surface area contributed by atoms with Crippen LogP contribution in [0.15, 0.2) is 0 Å². The molecule has 1 atom stereocenters. The van der Waals surface area contributed by atoms with Crippen molar-refractivity contribution >= 4 is 28.6 Å². The van der Waals surface area contributed by atoms with E-state index in [1.165, 1.54) is 0 Å². The van der Waals surface area contributed by atoms with Crippen LogP contribution < -0.4 is 4.72 Å². The number of carboxylic acids is 1. The Morgan fingerprint density at radius 1 is 1.57 bits per heavy atom. The highest BCUT2D eigenvalue weighted by molar-refractivity contribution is 7.89. The molecule has 0 rings (SSSR count). The van der Waals surface area contributed by atoms with Gasteiger partial charge >= 0.3 is 5.97 Å². The third-order valence-electron chi connectivity index (χ3n) is 1.57. The van der Waals surface area contributed by atoms with Crippen molar-refractivity contribution in [3.8, 4) is 0 Å². The number of unbranched alkanes of at least 4 members (excludes halogenated alkanes) is 1. The predicted molar refractivity (Wildman–Crippen MR) is 57.1 cm³/mol. The first-order valence-corrected chi connectivity index (χ1v) is 6.55. The monoisotopic (exact) mass is 241 g/mol. The molecule has 0 aliphatic rings. The van der Waals surface area contributed by atoms with E-state index in [0.717, 1.165) is 6.42 Å². The van der Waals surface area contributed by atoms with Gasteiger partial charge in [-0.1, -0.05) is 13.3 Å². The Morgan fingerprint density at radius 2 is 2.14 bits per heavy atom. The summed E-state index contributed by atoms with van der Waals surface area (Å²) in [6.07, 6.45) is 1.27. The molecule has 0 aromatic heterocycles. The molecule has 0 aliphatic carbocycles. The van der Waals surface area contributed by atoms with Gasteiger partial charge < -0.3 is 5.11 Å². The van der Waals surface area contributed by atoms with Crippen LogP contribution in [-0.2, 0) is 14.8 Å².